The Morgan fingerprint density at radius 1 is 1.12 bits per heavy atom. The Morgan fingerprint density at radius 3 is 2.33 bits per heavy atom. The summed E-state index contributed by atoms with van der Waals surface area (Å²) < 4.78 is 0. The summed E-state index contributed by atoms with van der Waals surface area (Å²) in [7, 11) is 0. The molecule has 128 valence electrons. The zero-order chi connectivity index (χ0) is 17.6. The monoisotopic (exact) mass is 326 g/mol. The maximum absolute atomic E-state index is 11.9. The molecule has 24 heavy (non-hydrogen) atoms. The molecule has 0 saturated heterocycles. The van der Waals surface area contributed by atoms with E-state index in [0.29, 0.717) is 12.8 Å². The second kappa shape index (κ2) is 8.06. The number of hydrogen-bond donors (Lipinski definition) is 2. The highest BCUT2D eigenvalue weighted by atomic mass is 16.3. The number of pyridine rings is 1. The van der Waals surface area contributed by atoms with Gasteiger partial charge in [-0.15, -0.1) is 0 Å². The molecule has 4 heteroatoms. The molecule has 0 saturated carbocycles. The third-order valence-corrected chi connectivity index (χ3v) is 4.04. The van der Waals surface area contributed by atoms with Crippen LogP contribution in [0.15, 0.2) is 48.8 Å². The second-order valence-corrected chi connectivity index (χ2v) is 7.05. The lowest BCUT2D eigenvalue weighted by atomic mass is 9.86. The van der Waals surface area contributed by atoms with E-state index in [1.807, 2.05) is 36.4 Å². The molecular formula is C20H26N2O2. The van der Waals surface area contributed by atoms with Gasteiger partial charge in [-0.05, 0) is 40.7 Å². The largest absolute Gasteiger partial charge is 0.387 e. The van der Waals surface area contributed by atoms with Crippen LogP contribution in [0.4, 0.5) is 0 Å². The highest BCUT2D eigenvalue weighted by Gasteiger charge is 2.15. The highest BCUT2D eigenvalue weighted by molar-refractivity contribution is 5.76. The smallest absolute Gasteiger partial charge is 0.220 e. The van der Waals surface area contributed by atoms with Crippen molar-refractivity contribution in [2.24, 2.45) is 0 Å². The van der Waals surface area contributed by atoms with Gasteiger partial charge in [0, 0.05) is 25.4 Å². The zero-order valence-electron chi connectivity index (χ0n) is 14.6. The SMILES string of the molecule is CC(C)(C)c1ccc(C(O)CNC(=O)CCc2ccncc2)cc1. The number of aromatic nitrogens is 1. The molecule has 0 spiro atoms. The zero-order valence-corrected chi connectivity index (χ0v) is 14.6. The van der Waals surface area contributed by atoms with Gasteiger partial charge in [-0.25, -0.2) is 0 Å². The van der Waals surface area contributed by atoms with E-state index >= 15 is 0 Å². The number of nitrogens with zero attached hydrogens (tertiary/aromatic N) is 1. The van der Waals surface area contributed by atoms with Crippen molar-refractivity contribution in [3.05, 3.63) is 65.5 Å². The quantitative estimate of drug-likeness (QED) is 0.857. The fraction of sp³-hybridized carbons (Fsp3) is 0.400. The summed E-state index contributed by atoms with van der Waals surface area (Å²) in [4.78, 5) is 15.9. The molecule has 1 amide bonds. The summed E-state index contributed by atoms with van der Waals surface area (Å²) in [6.45, 7) is 6.69. The van der Waals surface area contributed by atoms with Crippen molar-refractivity contribution >= 4 is 5.91 Å². The van der Waals surface area contributed by atoms with E-state index in [2.05, 4.69) is 31.1 Å². The van der Waals surface area contributed by atoms with E-state index in [1.165, 1.54) is 5.56 Å². The number of aliphatic hydroxyl groups is 1. The maximum Gasteiger partial charge on any atom is 0.220 e. The van der Waals surface area contributed by atoms with Crippen LogP contribution < -0.4 is 5.32 Å². The number of aliphatic hydroxyl groups excluding tert-OH is 1. The van der Waals surface area contributed by atoms with Gasteiger partial charge in [-0.2, -0.15) is 0 Å². The average molecular weight is 326 g/mol. The topological polar surface area (TPSA) is 62.2 Å². The van der Waals surface area contributed by atoms with E-state index in [-0.39, 0.29) is 17.9 Å². The van der Waals surface area contributed by atoms with Crippen LogP contribution >= 0.6 is 0 Å². The first-order chi connectivity index (χ1) is 11.4. The number of aryl methyl sites for hydroxylation is 1. The third kappa shape index (κ3) is 5.46. The lowest BCUT2D eigenvalue weighted by Gasteiger charge is -2.20. The molecule has 2 aromatic rings. The Morgan fingerprint density at radius 2 is 1.75 bits per heavy atom. The molecule has 1 atom stereocenters. The first kappa shape index (κ1) is 18.1. The van der Waals surface area contributed by atoms with Crippen molar-refractivity contribution in [2.75, 3.05) is 6.54 Å². The molecule has 0 radical (unpaired) electrons. The molecule has 4 nitrogen and oxygen atoms in total. The maximum atomic E-state index is 11.9. The molecule has 1 unspecified atom stereocenters. The Bertz CT molecular complexity index is 646. The van der Waals surface area contributed by atoms with Gasteiger partial charge in [0.05, 0.1) is 6.10 Å². The summed E-state index contributed by atoms with van der Waals surface area (Å²) in [5.74, 6) is -0.0582. The highest BCUT2D eigenvalue weighted by Crippen LogP contribution is 2.23. The van der Waals surface area contributed by atoms with Crippen LogP contribution in [-0.2, 0) is 16.6 Å². The number of hydrogen-bond acceptors (Lipinski definition) is 3. The number of carbonyl (C=O) groups is 1. The minimum absolute atomic E-state index is 0.0582. The normalized spacial score (nSPS) is 12.7. The lowest BCUT2D eigenvalue weighted by Crippen LogP contribution is -2.28. The van der Waals surface area contributed by atoms with Crippen LogP contribution in [0.3, 0.4) is 0 Å². The Balaban J connectivity index is 1.80. The number of carbonyl (C=O) groups excluding carboxylic acids is 1. The first-order valence-corrected chi connectivity index (χ1v) is 8.30. The fourth-order valence-electron chi connectivity index (χ4n) is 2.43. The molecule has 1 aromatic carbocycles. The van der Waals surface area contributed by atoms with Crippen LogP contribution in [0, 0.1) is 0 Å². The van der Waals surface area contributed by atoms with E-state index in [4.69, 9.17) is 0 Å². The summed E-state index contributed by atoms with van der Waals surface area (Å²) in [6, 6.07) is 11.7. The predicted molar refractivity (Wildman–Crippen MR) is 95.7 cm³/mol. The summed E-state index contributed by atoms with van der Waals surface area (Å²) in [5, 5.41) is 13.0. The molecular weight excluding hydrogens is 300 g/mol. The molecule has 0 aliphatic rings. The minimum Gasteiger partial charge on any atom is -0.387 e. The molecule has 2 rings (SSSR count). The van der Waals surface area contributed by atoms with E-state index in [1.54, 1.807) is 12.4 Å². The van der Waals surface area contributed by atoms with Gasteiger partial charge in [0.1, 0.15) is 0 Å². The van der Waals surface area contributed by atoms with Crippen LogP contribution in [0.1, 0.15) is 50.0 Å². The third-order valence-electron chi connectivity index (χ3n) is 4.04. The van der Waals surface area contributed by atoms with Crippen LogP contribution in [0.25, 0.3) is 0 Å². The van der Waals surface area contributed by atoms with Gasteiger partial charge in [0.2, 0.25) is 5.91 Å². The van der Waals surface area contributed by atoms with Crippen molar-refractivity contribution in [3.8, 4) is 0 Å². The molecule has 1 aromatic heterocycles. The van der Waals surface area contributed by atoms with E-state index in [9.17, 15) is 9.90 Å². The van der Waals surface area contributed by atoms with Gasteiger partial charge < -0.3 is 10.4 Å². The van der Waals surface area contributed by atoms with Gasteiger partial charge >= 0.3 is 0 Å². The minimum atomic E-state index is -0.691. The average Bonchev–Trinajstić information content (AvgIpc) is 2.58. The van der Waals surface area contributed by atoms with Gasteiger partial charge in [0.15, 0.2) is 0 Å². The van der Waals surface area contributed by atoms with Crippen molar-refractivity contribution in [2.45, 2.75) is 45.1 Å². The molecule has 1 heterocycles. The first-order valence-electron chi connectivity index (χ1n) is 8.30. The molecule has 0 aliphatic carbocycles. The van der Waals surface area contributed by atoms with Crippen LogP contribution in [-0.4, -0.2) is 22.5 Å². The number of benzene rings is 1. The second-order valence-electron chi connectivity index (χ2n) is 7.05. The Kier molecular flexibility index (Phi) is 6.10. The lowest BCUT2D eigenvalue weighted by molar-refractivity contribution is -0.121. The van der Waals surface area contributed by atoms with Crippen molar-refractivity contribution in [3.63, 3.8) is 0 Å². The number of amides is 1. The fourth-order valence-corrected chi connectivity index (χ4v) is 2.43. The Labute approximate surface area is 143 Å². The molecule has 0 bridgehead atoms. The van der Waals surface area contributed by atoms with Crippen molar-refractivity contribution < 1.29 is 9.90 Å². The summed E-state index contributed by atoms with van der Waals surface area (Å²) >= 11 is 0. The molecule has 0 fully saturated rings. The standard InChI is InChI=1S/C20H26N2O2/c1-20(2,3)17-7-5-16(6-8-17)18(23)14-22-19(24)9-4-15-10-12-21-13-11-15/h5-8,10-13,18,23H,4,9,14H2,1-3H3,(H,22,24). The van der Waals surface area contributed by atoms with Crippen LogP contribution in [0.2, 0.25) is 0 Å². The van der Waals surface area contributed by atoms with E-state index < -0.39 is 6.10 Å². The van der Waals surface area contributed by atoms with Crippen molar-refractivity contribution in [1.82, 2.24) is 10.3 Å². The number of rotatable bonds is 6. The molecule has 0 aliphatic heterocycles. The van der Waals surface area contributed by atoms with Gasteiger partial charge in [-0.3, -0.25) is 9.78 Å². The summed E-state index contributed by atoms with van der Waals surface area (Å²) in [5.41, 5.74) is 3.21. The van der Waals surface area contributed by atoms with Gasteiger partial charge in [0.25, 0.3) is 0 Å². The Hall–Kier alpha value is -2.20. The predicted octanol–water partition coefficient (Wildman–Crippen LogP) is 3.16. The van der Waals surface area contributed by atoms with E-state index in [0.717, 1.165) is 11.1 Å². The van der Waals surface area contributed by atoms with Crippen molar-refractivity contribution in [1.29, 1.82) is 0 Å². The van der Waals surface area contributed by atoms with Gasteiger partial charge in [-0.1, -0.05) is 45.0 Å². The molecule has 2 N–H and O–H groups in total. The van der Waals surface area contributed by atoms with Crippen LogP contribution in [0.5, 0.6) is 0 Å². The number of nitrogens with one attached hydrogen (secondary N) is 1. The summed E-state index contributed by atoms with van der Waals surface area (Å²) in [6.07, 6.45) is 3.82.